The van der Waals surface area contributed by atoms with Crippen LogP contribution >= 0.6 is 23.2 Å². The third kappa shape index (κ3) is 4.23. The van der Waals surface area contributed by atoms with Gasteiger partial charge in [0.25, 0.3) is 0 Å². The van der Waals surface area contributed by atoms with Crippen molar-refractivity contribution in [2.24, 2.45) is 0 Å². The Hall–Kier alpha value is -2.76. The van der Waals surface area contributed by atoms with Crippen molar-refractivity contribution in [1.29, 1.82) is 0 Å². The molecule has 2 aromatic heterocycles. The topological polar surface area (TPSA) is 60.1 Å². The summed E-state index contributed by atoms with van der Waals surface area (Å²) in [5.41, 5.74) is 2.75. The zero-order valence-corrected chi connectivity index (χ0v) is 18.0. The molecule has 5 nitrogen and oxygen atoms in total. The standard InChI is InChI=1S/C23H21Cl2N3O2/c1-2-20(23(29)26-14-16-6-5-11-30-16)28-21-8-4-3-7-19(21)27-22(28)13-15-9-10-17(24)18(25)12-15/h3-12,20H,2,13-14H2,1H3,(H,26,29). The molecular weight excluding hydrogens is 421 g/mol. The average molecular weight is 442 g/mol. The molecular formula is C23H21Cl2N3O2. The molecule has 7 heteroatoms. The van der Waals surface area contributed by atoms with E-state index in [1.54, 1.807) is 18.4 Å². The van der Waals surface area contributed by atoms with Crippen molar-refractivity contribution in [3.63, 3.8) is 0 Å². The molecule has 4 rings (SSSR count). The highest BCUT2D eigenvalue weighted by molar-refractivity contribution is 6.42. The zero-order valence-electron chi connectivity index (χ0n) is 16.4. The lowest BCUT2D eigenvalue weighted by atomic mass is 10.1. The van der Waals surface area contributed by atoms with Gasteiger partial charge in [0, 0.05) is 6.42 Å². The van der Waals surface area contributed by atoms with Gasteiger partial charge < -0.3 is 14.3 Å². The molecule has 0 spiro atoms. The van der Waals surface area contributed by atoms with Crippen molar-refractivity contribution in [2.75, 3.05) is 0 Å². The number of para-hydroxylation sites is 2. The van der Waals surface area contributed by atoms with E-state index in [-0.39, 0.29) is 5.91 Å². The predicted molar refractivity (Wildman–Crippen MR) is 119 cm³/mol. The highest BCUT2D eigenvalue weighted by atomic mass is 35.5. The Balaban J connectivity index is 1.68. The van der Waals surface area contributed by atoms with E-state index in [1.807, 2.05) is 54.0 Å². The number of rotatable bonds is 7. The van der Waals surface area contributed by atoms with Gasteiger partial charge in [-0.15, -0.1) is 0 Å². The molecule has 0 aliphatic carbocycles. The Kier molecular flexibility index (Phi) is 6.11. The number of imidazole rings is 1. The second kappa shape index (κ2) is 8.94. The number of furan rings is 1. The van der Waals surface area contributed by atoms with Gasteiger partial charge in [0.05, 0.1) is 33.9 Å². The molecule has 0 saturated carbocycles. The maximum absolute atomic E-state index is 13.1. The SMILES string of the molecule is CCC(C(=O)NCc1ccco1)n1c(Cc2ccc(Cl)c(Cl)c2)nc2ccccc21. The summed E-state index contributed by atoms with van der Waals surface area (Å²) in [5, 5.41) is 3.99. The number of carbonyl (C=O) groups is 1. The van der Waals surface area contributed by atoms with Crippen molar-refractivity contribution in [1.82, 2.24) is 14.9 Å². The van der Waals surface area contributed by atoms with Crippen LogP contribution in [0.4, 0.5) is 0 Å². The molecule has 0 aliphatic rings. The summed E-state index contributed by atoms with van der Waals surface area (Å²) in [6, 6.07) is 16.6. The molecule has 0 fully saturated rings. The summed E-state index contributed by atoms with van der Waals surface area (Å²) in [5.74, 6) is 1.44. The first kappa shape index (κ1) is 20.5. The number of aromatic nitrogens is 2. The minimum absolute atomic E-state index is 0.0764. The summed E-state index contributed by atoms with van der Waals surface area (Å²) in [7, 11) is 0. The smallest absolute Gasteiger partial charge is 0.243 e. The summed E-state index contributed by atoms with van der Waals surface area (Å²) in [4.78, 5) is 17.9. The summed E-state index contributed by atoms with van der Waals surface area (Å²) < 4.78 is 7.35. The normalized spacial score (nSPS) is 12.2. The molecule has 1 atom stereocenters. The number of nitrogens with one attached hydrogen (secondary N) is 1. The van der Waals surface area contributed by atoms with E-state index < -0.39 is 6.04 Å². The van der Waals surface area contributed by atoms with Crippen LogP contribution in [0, 0.1) is 0 Å². The minimum atomic E-state index is -0.398. The molecule has 2 heterocycles. The van der Waals surface area contributed by atoms with Gasteiger partial charge in [-0.2, -0.15) is 0 Å². The van der Waals surface area contributed by atoms with Crippen LogP contribution in [-0.2, 0) is 17.8 Å². The molecule has 1 unspecified atom stereocenters. The Labute approximate surface area is 184 Å². The van der Waals surface area contributed by atoms with Gasteiger partial charge in [0.15, 0.2) is 0 Å². The van der Waals surface area contributed by atoms with Crippen molar-refractivity contribution in [3.05, 3.63) is 88.1 Å². The molecule has 30 heavy (non-hydrogen) atoms. The molecule has 1 N–H and O–H groups in total. The molecule has 0 aliphatic heterocycles. The second-order valence-corrected chi connectivity index (χ2v) is 7.85. The summed E-state index contributed by atoms with van der Waals surface area (Å²) in [6.45, 7) is 2.34. The zero-order chi connectivity index (χ0) is 21.1. The van der Waals surface area contributed by atoms with E-state index >= 15 is 0 Å². The summed E-state index contributed by atoms with van der Waals surface area (Å²) >= 11 is 12.3. The Bertz CT molecular complexity index is 1170. The van der Waals surface area contributed by atoms with Gasteiger partial charge >= 0.3 is 0 Å². The number of amides is 1. The monoisotopic (exact) mass is 441 g/mol. The lowest BCUT2D eigenvalue weighted by Crippen LogP contribution is -2.32. The second-order valence-electron chi connectivity index (χ2n) is 7.03. The molecule has 2 aromatic carbocycles. The predicted octanol–water partition coefficient (Wildman–Crippen LogP) is 5.79. The number of benzene rings is 2. The lowest BCUT2D eigenvalue weighted by Gasteiger charge is -2.20. The van der Waals surface area contributed by atoms with Crippen LogP contribution in [0.3, 0.4) is 0 Å². The fourth-order valence-electron chi connectivity index (χ4n) is 3.59. The van der Waals surface area contributed by atoms with E-state index in [4.69, 9.17) is 32.6 Å². The Morgan fingerprint density at radius 1 is 1.13 bits per heavy atom. The lowest BCUT2D eigenvalue weighted by molar-refractivity contribution is -0.124. The third-order valence-corrected chi connectivity index (χ3v) is 5.77. The van der Waals surface area contributed by atoms with Crippen LogP contribution in [0.5, 0.6) is 0 Å². The largest absolute Gasteiger partial charge is 0.467 e. The first-order chi connectivity index (χ1) is 14.6. The molecule has 4 aromatic rings. The van der Waals surface area contributed by atoms with Crippen LogP contribution in [-0.4, -0.2) is 15.5 Å². The number of fused-ring (bicyclic) bond motifs is 1. The van der Waals surface area contributed by atoms with E-state index in [0.29, 0.717) is 35.2 Å². The molecule has 0 radical (unpaired) electrons. The van der Waals surface area contributed by atoms with Gasteiger partial charge in [0.1, 0.15) is 17.6 Å². The molecule has 0 bridgehead atoms. The first-order valence-corrected chi connectivity index (χ1v) is 10.5. The van der Waals surface area contributed by atoms with Gasteiger partial charge in [0.2, 0.25) is 5.91 Å². The number of hydrogen-bond donors (Lipinski definition) is 1. The Morgan fingerprint density at radius 3 is 2.70 bits per heavy atom. The molecule has 0 saturated heterocycles. The van der Waals surface area contributed by atoms with Gasteiger partial charge in [-0.05, 0) is 48.4 Å². The number of halogens is 2. The van der Waals surface area contributed by atoms with E-state index in [1.165, 1.54) is 0 Å². The third-order valence-electron chi connectivity index (χ3n) is 5.03. The molecule has 154 valence electrons. The quantitative estimate of drug-likeness (QED) is 0.394. The maximum atomic E-state index is 13.1. The fourth-order valence-corrected chi connectivity index (χ4v) is 3.91. The Morgan fingerprint density at radius 2 is 1.97 bits per heavy atom. The van der Waals surface area contributed by atoms with Crippen LogP contribution in [0.15, 0.2) is 65.3 Å². The van der Waals surface area contributed by atoms with Crippen LogP contribution in [0.25, 0.3) is 11.0 Å². The summed E-state index contributed by atoms with van der Waals surface area (Å²) in [6.07, 6.45) is 2.75. The average Bonchev–Trinajstić information content (AvgIpc) is 3.38. The number of carbonyl (C=O) groups excluding carboxylic acids is 1. The van der Waals surface area contributed by atoms with Crippen molar-refractivity contribution in [2.45, 2.75) is 32.4 Å². The van der Waals surface area contributed by atoms with Gasteiger partial charge in [-0.3, -0.25) is 4.79 Å². The maximum Gasteiger partial charge on any atom is 0.243 e. The number of nitrogens with zero attached hydrogens (tertiary/aromatic N) is 2. The number of hydrogen-bond acceptors (Lipinski definition) is 3. The highest BCUT2D eigenvalue weighted by Crippen LogP contribution is 2.28. The van der Waals surface area contributed by atoms with E-state index in [2.05, 4.69) is 5.32 Å². The van der Waals surface area contributed by atoms with Crippen molar-refractivity contribution < 1.29 is 9.21 Å². The van der Waals surface area contributed by atoms with Crippen LogP contribution in [0.1, 0.15) is 36.5 Å². The minimum Gasteiger partial charge on any atom is -0.467 e. The van der Waals surface area contributed by atoms with Crippen molar-refractivity contribution in [3.8, 4) is 0 Å². The molecule has 1 amide bonds. The first-order valence-electron chi connectivity index (χ1n) is 9.76. The van der Waals surface area contributed by atoms with Gasteiger partial charge in [-0.25, -0.2) is 4.98 Å². The van der Waals surface area contributed by atoms with Crippen LogP contribution in [0.2, 0.25) is 10.0 Å². The highest BCUT2D eigenvalue weighted by Gasteiger charge is 2.24. The van der Waals surface area contributed by atoms with Crippen LogP contribution < -0.4 is 5.32 Å². The van der Waals surface area contributed by atoms with E-state index in [0.717, 1.165) is 22.4 Å². The fraction of sp³-hybridized carbons (Fsp3) is 0.217. The van der Waals surface area contributed by atoms with Crippen molar-refractivity contribution >= 4 is 40.1 Å². The van der Waals surface area contributed by atoms with Gasteiger partial charge in [-0.1, -0.05) is 48.3 Å². The van der Waals surface area contributed by atoms with E-state index in [9.17, 15) is 4.79 Å².